The molecule has 0 spiro atoms. The fourth-order valence-electron chi connectivity index (χ4n) is 3.12. The average Bonchev–Trinajstić information content (AvgIpc) is 3.08. The highest BCUT2D eigenvalue weighted by atomic mass is 16.2. The van der Waals surface area contributed by atoms with Crippen molar-refractivity contribution in [2.45, 2.75) is 25.3 Å². The first-order chi connectivity index (χ1) is 8.63. The summed E-state index contributed by atoms with van der Waals surface area (Å²) in [5.41, 5.74) is 0. The zero-order valence-electron chi connectivity index (χ0n) is 10.9. The molecule has 0 bridgehead atoms. The third-order valence-electron chi connectivity index (χ3n) is 4.29. The van der Waals surface area contributed by atoms with Crippen molar-refractivity contribution in [2.75, 3.05) is 33.2 Å². The number of hydrogen-bond donors (Lipinski definition) is 1. The summed E-state index contributed by atoms with van der Waals surface area (Å²) >= 11 is 0. The number of carbonyl (C=O) groups excluding carboxylic acids is 2. The predicted molar refractivity (Wildman–Crippen MR) is 66.8 cm³/mol. The lowest BCUT2D eigenvalue weighted by molar-refractivity contribution is -0.145. The van der Waals surface area contributed by atoms with E-state index in [0.717, 1.165) is 38.9 Å². The van der Waals surface area contributed by atoms with Gasteiger partial charge in [0.1, 0.15) is 6.04 Å². The highest BCUT2D eigenvalue weighted by Crippen LogP contribution is 2.34. The van der Waals surface area contributed by atoms with E-state index >= 15 is 0 Å². The van der Waals surface area contributed by atoms with E-state index in [-0.39, 0.29) is 24.4 Å². The molecule has 2 atom stereocenters. The van der Waals surface area contributed by atoms with Crippen LogP contribution in [0.3, 0.4) is 0 Å². The van der Waals surface area contributed by atoms with Gasteiger partial charge in [-0.15, -0.1) is 0 Å². The number of likely N-dealkylation sites (tertiary alicyclic amines) is 1. The Morgan fingerprint density at radius 1 is 1.28 bits per heavy atom. The van der Waals surface area contributed by atoms with Crippen LogP contribution in [0.5, 0.6) is 0 Å². The summed E-state index contributed by atoms with van der Waals surface area (Å²) in [5, 5.41) is 2.85. The molecule has 3 rings (SSSR count). The van der Waals surface area contributed by atoms with Crippen molar-refractivity contribution in [1.82, 2.24) is 15.1 Å². The Balaban J connectivity index is 1.63. The van der Waals surface area contributed by atoms with Gasteiger partial charge in [-0.2, -0.15) is 0 Å². The normalized spacial score (nSPS) is 33.9. The lowest BCUT2D eigenvalue weighted by Crippen LogP contribution is -2.59. The number of nitrogens with zero attached hydrogens (tertiary/aromatic N) is 2. The van der Waals surface area contributed by atoms with Crippen molar-refractivity contribution in [1.29, 1.82) is 0 Å². The number of rotatable bonds is 3. The molecule has 5 heteroatoms. The van der Waals surface area contributed by atoms with Gasteiger partial charge in [0, 0.05) is 13.1 Å². The third-order valence-corrected chi connectivity index (χ3v) is 4.29. The molecule has 1 N–H and O–H groups in total. The predicted octanol–water partition coefficient (Wildman–Crippen LogP) is -0.325. The smallest absolute Gasteiger partial charge is 0.245 e. The molecule has 1 aliphatic carbocycles. The van der Waals surface area contributed by atoms with Gasteiger partial charge in [-0.25, -0.2) is 0 Å². The molecular formula is C13H21N3O2. The first kappa shape index (κ1) is 12.0. The van der Waals surface area contributed by atoms with Crippen LogP contribution in [0.1, 0.15) is 19.3 Å². The van der Waals surface area contributed by atoms with Crippen molar-refractivity contribution in [3.63, 3.8) is 0 Å². The van der Waals surface area contributed by atoms with Crippen molar-refractivity contribution in [2.24, 2.45) is 11.8 Å². The molecule has 1 saturated carbocycles. The monoisotopic (exact) mass is 251 g/mol. The molecular weight excluding hydrogens is 230 g/mol. The molecule has 2 amide bonds. The number of nitrogens with one attached hydrogen (secondary N) is 1. The summed E-state index contributed by atoms with van der Waals surface area (Å²) in [6.07, 6.45) is 3.30. The van der Waals surface area contributed by atoms with Crippen LogP contribution in [-0.4, -0.2) is 60.9 Å². The first-order valence-corrected chi connectivity index (χ1v) is 6.90. The summed E-state index contributed by atoms with van der Waals surface area (Å²) in [6, 6.07) is -0.231. The molecule has 5 nitrogen and oxygen atoms in total. The van der Waals surface area contributed by atoms with Gasteiger partial charge in [0.15, 0.2) is 0 Å². The van der Waals surface area contributed by atoms with Gasteiger partial charge in [-0.3, -0.25) is 9.59 Å². The molecule has 2 aliphatic heterocycles. The van der Waals surface area contributed by atoms with Crippen molar-refractivity contribution >= 4 is 11.8 Å². The van der Waals surface area contributed by atoms with Crippen molar-refractivity contribution in [3.05, 3.63) is 0 Å². The Bertz CT molecular complexity index is 367. The molecule has 0 aromatic carbocycles. The van der Waals surface area contributed by atoms with E-state index in [0.29, 0.717) is 11.8 Å². The quantitative estimate of drug-likeness (QED) is 0.747. The summed E-state index contributed by atoms with van der Waals surface area (Å²) in [5.74, 6) is 1.09. The second-order valence-corrected chi connectivity index (χ2v) is 6.02. The standard InChI is InChI=1S/C13H21N3O2/c1-15-5-4-9(6-15)7-16-8-11(17)14-12(13(16)18)10-2-3-10/h9-10,12H,2-8H2,1H3,(H,14,17). The van der Waals surface area contributed by atoms with E-state index in [1.807, 2.05) is 0 Å². The minimum Gasteiger partial charge on any atom is -0.342 e. The second kappa shape index (κ2) is 4.53. The van der Waals surface area contributed by atoms with E-state index in [9.17, 15) is 9.59 Å². The Kier molecular flexibility index (Phi) is 3.01. The van der Waals surface area contributed by atoms with Crippen LogP contribution in [0.4, 0.5) is 0 Å². The van der Waals surface area contributed by atoms with Gasteiger partial charge >= 0.3 is 0 Å². The van der Waals surface area contributed by atoms with Crippen LogP contribution < -0.4 is 5.32 Å². The molecule has 2 heterocycles. The maximum absolute atomic E-state index is 12.3. The Morgan fingerprint density at radius 3 is 2.67 bits per heavy atom. The lowest BCUT2D eigenvalue weighted by Gasteiger charge is -2.34. The lowest BCUT2D eigenvalue weighted by atomic mass is 10.0. The van der Waals surface area contributed by atoms with Gasteiger partial charge in [0.25, 0.3) is 0 Å². The van der Waals surface area contributed by atoms with E-state index < -0.39 is 0 Å². The van der Waals surface area contributed by atoms with E-state index in [1.165, 1.54) is 0 Å². The fourth-order valence-corrected chi connectivity index (χ4v) is 3.12. The number of carbonyl (C=O) groups is 2. The molecule has 3 fully saturated rings. The van der Waals surface area contributed by atoms with Gasteiger partial charge in [-0.05, 0) is 44.7 Å². The van der Waals surface area contributed by atoms with Crippen LogP contribution in [0.2, 0.25) is 0 Å². The molecule has 0 aromatic rings. The molecule has 3 aliphatic rings. The van der Waals surface area contributed by atoms with Crippen LogP contribution in [0, 0.1) is 11.8 Å². The summed E-state index contributed by atoms with van der Waals surface area (Å²) in [6.45, 7) is 3.15. The Morgan fingerprint density at radius 2 is 2.06 bits per heavy atom. The van der Waals surface area contributed by atoms with E-state index in [2.05, 4.69) is 17.3 Å². The van der Waals surface area contributed by atoms with Crippen LogP contribution in [0.15, 0.2) is 0 Å². The summed E-state index contributed by atoms with van der Waals surface area (Å²) < 4.78 is 0. The minimum absolute atomic E-state index is 0.0119. The maximum atomic E-state index is 12.3. The van der Waals surface area contributed by atoms with Crippen LogP contribution >= 0.6 is 0 Å². The van der Waals surface area contributed by atoms with Crippen LogP contribution in [-0.2, 0) is 9.59 Å². The minimum atomic E-state index is -0.231. The maximum Gasteiger partial charge on any atom is 0.245 e. The Hall–Kier alpha value is -1.10. The topological polar surface area (TPSA) is 52.6 Å². The van der Waals surface area contributed by atoms with Gasteiger partial charge < -0.3 is 15.1 Å². The highest BCUT2D eigenvalue weighted by Gasteiger charge is 2.43. The highest BCUT2D eigenvalue weighted by molar-refractivity contribution is 5.95. The fraction of sp³-hybridized carbons (Fsp3) is 0.846. The molecule has 2 saturated heterocycles. The summed E-state index contributed by atoms with van der Waals surface area (Å²) in [4.78, 5) is 28.1. The van der Waals surface area contributed by atoms with Crippen LogP contribution in [0.25, 0.3) is 0 Å². The first-order valence-electron chi connectivity index (χ1n) is 6.90. The van der Waals surface area contributed by atoms with Gasteiger partial charge in [0.05, 0.1) is 6.54 Å². The Labute approximate surface area is 107 Å². The molecule has 0 radical (unpaired) electrons. The SMILES string of the molecule is CN1CCC(CN2CC(=O)NC(C3CC3)C2=O)C1. The van der Waals surface area contributed by atoms with Gasteiger partial charge in [-0.1, -0.05) is 0 Å². The van der Waals surface area contributed by atoms with Gasteiger partial charge in [0.2, 0.25) is 11.8 Å². The molecule has 2 unspecified atom stereocenters. The molecule has 18 heavy (non-hydrogen) atoms. The zero-order valence-corrected chi connectivity index (χ0v) is 10.9. The summed E-state index contributed by atoms with van der Waals surface area (Å²) in [7, 11) is 2.11. The van der Waals surface area contributed by atoms with Crippen molar-refractivity contribution < 1.29 is 9.59 Å². The zero-order chi connectivity index (χ0) is 12.7. The number of hydrogen-bond acceptors (Lipinski definition) is 3. The second-order valence-electron chi connectivity index (χ2n) is 6.02. The number of amides is 2. The number of piperazine rings is 1. The van der Waals surface area contributed by atoms with E-state index in [1.54, 1.807) is 4.90 Å². The third kappa shape index (κ3) is 2.36. The average molecular weight is 251 g/mol. The largest absolute Gasteiger partial charge is 0.342 e. The van der Waals surface area contributed by atoms with Crippen molar-refractivity contribution in [3.8, 4) is 0 Å². The van der Waals surface area contributed by atoms with E-state index in [4.69, 9.17) is 0 Å². The molecule has 0 aromatic heterocycles. The molecule has 100 valence electrons.